The van der Waals surface area contributed by atoms with Gasteiger partial charge in [0.15, 0.2) is 0 Å². The van der Waals surface area contributed by atoms with Crippen molar-refractivity contribution in [3.8, 4) is 15.5 Å². The minimum atomic E-state index is 0.911. The molecule has 0 radical (unpaired) electrons. The highest BCUT2D eigenvalue weighted by Crippen LogP contribution is 2.36. The fourth-order valence-electron chi connectivity index (χ4n) is 1.29. The van der Waals surface area contributed by atoms with Crippen LogP contribution in [0.2, 0.25) is 0 Å². The second-order valence-corrected chi connectivity index (χ2v) is 6.04. The van der Waals surface area contributed by atoms with Gasteiger partial charge in [0.2, 0.25) is 0 Å². The summed E-state index contributed by atoms with van der Waals surface area (Å²) in [5, 5.41) is 0. The molecule has 78 valence electrons. The van der Waals surface area contributed by atoms with Gasteiger partial charge >= 0.3 is 0 Å². The van der Waals surface area contributed by atoms with Crippen molar-refractivity contribution >= 4 is 22.7 Å². The molecule has 1 aromatic carbocycles. The lowest BCUT2D eigenvalue weighted by molar-refractivity contribution is 0.415. The van der Waals surface area contributed by atoms with Gasteiger partial charge in [0, 0.05) is 5.56 Å². The minimum Gasteiger partial charge on any atom is -0.497 e. The SMILES string of the molecule is COc1ccc(-c2sc(C)c(C)[s+]2)cc1. The summed E-state index contributed by atoms with van der Waals surface area (Å²) in [6, 6.07) is 8.24. The molecule has 0 bridgehead atoms. The molecule has 1 aromatic heterocycles. The van der Waals surface area contributed by atoms with E-state index in [1.807, 2.05) is 34.8 Å². The summed E-state index contributed by atoms with van der Waals surface area (Å²) in [6.07, 6.45) is 0. The van der Waals surface area contributed by atoms with Crippen molar-refractivity contribution in [2.75, 3.05) is 7.11 Å². The molecule has 0 spiro atoms. The monoisotopic (exact) mass is 237 g/mol. The van der Waals surface area contributed by atoms with Gasteiger partial charge in [0.25, 0.3) is 4.19 Å². The Bertz CT molecular complexity index is 437. The van der Waals surface area contributed by atoms with Crippen molar-refractivity contribution in [2.45, 2.75) is 13.8 Å². The number of aryl methyl sites for hydroxylation is 2. The largest absolute Gasteiger partial charge is 0.497 e. The molecule has 0 unspecified atom stereocenters. The lowest BCUT2D eigenvalue weighted by Crippen LogP contribution is -1.80. The Labute approximate surface area is 98.0 Å². The third kappa shape index (κ3) is 2.19. The topological polar surface area (TPSA) is 9.23 Å². The molecule has 0 saturated heterocycles. The zero-order valence-corrected chi connectivity index (χ0v) is 10.7. The number of ether oxygens (including phenoxy) is 1. The number of methoxy groups -OCH3 is 1. The van der Waals surface area contributed by atoms with Crippen molar-refractivity contribution in [3.63, 3.8) is 0 Å². The van der Waals surface area contributed by atoms with Crippen LogP contribution in [0.3, 0.4) is 0 Å². The summed E-state index contributed by atoms with van der Waals surface area (Å²) in [7, 11) is 1.69. The van der Waals surface area contributed by atoms with Crippen LogP contribution in [-0.2, 0) is 0 Å². The first-order valence-corrected chi connectivity index (χ1v) is 6.38. The summed E-state index contributed by atoms with van der Waals surface area (Å²) >= 11 is 3.72. The maximum atomic E-state index is 5.14. The fraction of sp³-hybridized carbons (Fsp3) is 0.250. The number of benzene rings is 1. The van der Waals surface area contributed by atoms with Crippen LogP contribution < -0.4 is 4.74 Å². The third-order valence-corrected chi connectivity index (χ3v) is 5.01. The van der Waals surface area contributed by atoms with Gasteiger partial charge in [-0.1, -0.05) is 0 Å². The molecule has 0 atom stereocenters. The molecular weight excluding hydrogens is 224 g/mol. The van der Waals surface area contributed by atoms with Gasteiger partial charge in [0.05, 0.1) is 29.8 Å². The molecule has 0 amide bonds. The molecule has 1 heterocycles. The lowest BCUT2D eigenvalue weighted by Gasteiger charge is -1.97. The Morgan fingerprint density at radius 1 is 1.13 bits per heavy atom. The van der Waals surface area contributed by atoms with Crippen LogP contribution >= 0.6 is 22.7 Å². The van der Waals surface area contributed by atoms with Gasteiger partial charge in [0.1, 0.15) is 15.5 Å². The van der Waals surface area contributed by atoms with Crippen molar-refractivity contribution in [2.24, 2.45) is 0 Å². The van der Waals surface area contributed by atoms with Gasteiger partial charge in [-0.25, -0.2) is 0 Å². The highest BCUT2D eigenvalue weighted by Gasteiger charge is 2.17. The Balaban J connectivity index is 2.37. The molecular formula is C12H13OS2+. The second kappa shape index (κ2) is 4.29. The van der Waals surface area contributed by atoms with E-state index in [0.717, 1.165) is 5.75 Å². The number of hydrogen-bond donors (Lipinski definition) is 0. The van der Waals surface area contributed by atoms with Crippen molar-refractivity contribution < 1.29 is 4.74 Å². The maximum Gasteiger partial charge on any atom is 0.285 e. The van der Waals surface area contributed by atoms with Gasteiger partial charge in [-0.3, -0.25) is 0 Å². The summed E-state index contributed by atoms with van der Waals surface area (Å²) in [4.78, 5) is 2.82. The molecule has 0 aliphatic heterocycles. The third-order valence-electron chi connectivity index (χ3n) is 2.31. The molecule has 0 N–H and O–H groups in total. The highest BCUT2D eigenvalue weighted by molar-refractivity contribution is 7.36. The van der Waals surface area contributed by atoms with Crippen LogP contribution in [0.15, 0.2) is 24.3 Å². The Hall–Kier alpha value is -0.930. The molecule has 15 heavy (non-hydrogen) atoms. The molecule has 1 nitrogen and oxygen atoms in total. The predicted octanol–water partition coefficient (Wildman–Crippen LogP) is 4.38. The van der Waals surface area contributed by atoms with Gasteiger partial charge < -0.3 is 4.74 Å². The number of hydrogen-bond acceptors (Lipinski definition) is 2. The first-order valence-electron chi connectivity index (χ1n) is 4.75. The van der Waals surface area contributed by atoms with Crippen LogP contribution in [0, 0.1) is 13.8 Å². The van der Waals surface area contributed by atoms with Crippen LogP contribution in [0.1, 0.15) is 9.75 Å². The average molecular weight is 237 g/mol. The maximum absolute atomic E-state index is 5.14. The molecule has 3 heteroatoms. The van der Waals surface area contributed by atoms with Gasteiger partial charge in [-0.15, -0.1) is 0 Å². The van der Waals surface area contributed by atoms with Crippen molar-refractivity contribution in [3.05, 3.63) is 34.0 Å². The summed E-state index contributed by atoms with van der Waals surface area (Å²) in [5.74, 6) is 0.911. The molecule has 0 aliphatic carbocycles. The first-order chi connectivity index (χ1) is 7.20. The smallest absolute Gasteiger partial charge is 0.285 e. The molecule has 0 saturated carbocycles. The Morgan fingerprint density at radius 2 is 1.80 bits per heavy atom. The Kier molecular flexibility index (Phi) is 3.03. The highest BCUT2D eigenvalue weighted by atomic mass is 32.2. The van der Waals surface area contributed by atoms with E-state index < -0.39 is 0 Å². The van der Waals surface area contributed by atoms with E-state index in [0.29, 0.717) is 0 Å². The summed E-state index contributed by atoms with van der Waals surface area (Å²) in [5.41, 5.74) is 1.28. The van der Waals surface area contributed by atoms with Gasteiger partial charge in [-0.05, 0) is 38.1 Å². The standard InChI is InChI=1S/C12H13OS2/c1-8-9(2)15-12(14-8)10-4-6-11(13-3)7-5-10/h4-7H,1-3H3/q+1. The van der Waals surface area contributed by atoms with E-state index in [4.69, 9.17) is 4.74 Å². The second-order valence-electron chi connectivity index (χ2n) is 3.33. The quantitative estimate of drug-likeness (QED) is 0.704. The summed E-state index contributed by atoms with van der Waals surface area (Å²) in [6.45, 7) is 4.34. The van der Waals surface area contributed by atoms with E-state index in [1.165, 1.54) is 19.5 Å². The van der Waals surface area contributed by atoms with E-state index in [1.54, 1.807) is 7.11 Å². The zero-order chi connectivity index (χ0) is 10.8. The summed E-state index contributed by atoms with van der Waals surface area (Å²) < 4.78 is 6.51. The van der Waals surface area contributed by atoms with Crippen LogP contribution in [0.4, 0.5) is 0 Å². The van der Waals surface area contributed by atoms with Crippen molar-refractivity contribution in [1.82, 2.24) is 0 Å². The number of rotatable bonds is 2. The molecule has 0 aliphatic rings. The fourth-order valence-corrected chi connectivity index (χ4v) is 3.81. The Morgan fingerprint density at radius 3 is 2.27 bits per heavy atom. The predicted molar refractivity (Wildman–Crippen MR) is 68.1 cm³/mol. The van der Waals surface area contributed by atoms with E-state index in [9.17, 15) is 0 Å². The average Bonchev–Trinajstić information content (AvgIpc) is 2.59. The van der Waals surface area contributed by atoms with Gasteiger partial charge in [-0.2, -0.15) is 0 Å². The van der Waals surface area contributed by atoms with Crippen LogP contribution in [0.25, 0.3) is 9.75 Å². The minimum absolute atomic E-state index is 0.911. The van der Waals surface area contributed by atoms with Crippen molar-refractivity contribution in [1.29, 1.82) is 0 Å². The van der Waals surface area contributed by atoms with E-state index >= 15 is 0 Å². The normalized spacial score (nSPS) is 10.3. The molecule has 0 fully saturated rings. The lowest BCUT2D eigenvalue weighted by atomic mass is 10.2. The van der Waals surface area contributed by atoms with Crippen LogP contribution in [-0.4, -0.2) is 7.11 Å². The zero-order valence-electron chi connectivity index (χ0n) is 9.03. The first kappa shape index (κ1) is 10.6. The molecule has 2 rings (SSSR count). The van der Waals surface area contributed by atoms with E-state index in [-0.39, 0.29) is 0 Å². The molecule has 2 aromatic rings. The van der Waals surface area contributed by atoms with E-state index in [2.05, 4.69) is 26.0 Å². The van der Waals surface area contributed by atoms with Crippen LogP contribution in [0.5, 0.6) is 5.75 Å².